The first-order chi connectivity index (χ1) is 6.78. The lowest BCUT2D eigenvalue weighted by Gasteiger charge is -2.26. The van der Waals surface area contributed by atoms with Crippen LogP contribution in [0, 0.1) is 5.92 Å². The predicted molar refractivity (Wildman–Crippen MR) is 60.6 cm³/mol. The Balaban J connectivity index is 2.65. The molecule has 3 nitrogen and oxygen atoms in total. The summed E-state index contributed by atoms with van der Waals surface area (Å²) in [5, 5.41) is 0. The van der Waals surface area contributed by atoms with Gasteiger partial charge in [0.25, 0.3) is 0 Å². The van der Waals surface area contributed by atoms with Gasteiger partial charge in [0.05, 0.1) is 11.2 Å². The Labute approximate surface area is 92.4 Å². The van der Waals surface area contributed by atoms with E-state index >= 15 is 0 Å². The summed E-state index contributed by atoms with van der Waals surface area (Å²) in [6, 6.07) is 0. The third-order valence-electron chi connectivity index (χ3n) is 3.09. The first-order valence-electron chi connectivity index (χ1n) is 5.71. The molecule has 1 rings (SSSR count). The van der Waals surface area contributed by atoms with Crippen LogP contribution in [0.15, 0.2) is 0 Å². The molecule has 0 aromatic carbocycles. The molecule has 1 saturated heterocycles. The quantitative estimate of drug-likeness (QED) is 0.776. The van der Waals surface area contributed by atoms with Crippen molar-refractivity contribution in [1.29, 1.82) is 0 Å². The highest BCUT2D eigenvalue weighted by Gasteiger charge is 2.48. The Bertz CT molecular complexity index is 246. The van der Waals surface area contributed by atoms with Crippen LogP contribution in [0.1, 0.15) is 47.0 Å². The summed E-state index contributed by atoms with van der Waals surface area (Å²) in [6.45, 7) is 8.69. The number of carbonyl (C=O) groups excluding carboxylic acids is 1. The average Bonchev–Trinajstić information content (AvgIpc) is 2.30. The van der Waals surface area contributed by atoms with E-state index in [2.05, 4.69) is 0 Å². The summed E-state index contributed by atoms with van der Waals surface area (Å²) in [5.74, 6) is 0.329. The van der Waals surface area contributed by atoms with Crippen molar-refractivity contribution >= 4 is 5.78 Å². The van der Waals surface area contributed by atoms with Gasteiger partial charge in [0.1, 0.15) is 5.78 Å². The lowest BCUT2D eigenvalue weighted by Crippen LogP contribution is -2.33. The molecule has 1 fully saturated rings. The second-order valence-electron chi connectivity index (χ2n) is 5.58. The normalized spacial score (nSPS) is 27.9. The number of ether oxygens (including phenoxy) is 1. The molecular formula is C12H23NO2. The highest BCUT2D eigenvalue weighted by Crippen LogP contribution is 2.42. The minimum atomic E-state index is -0.324. The zero-order chi connectivity index (χ0) is 11.7. The van der Waals surface area contributed by atoms with Crippen LogP contribution in [0.4, 0.5) is 0 Å². The van der Waals surface area contributed by atoms with Gasteiger partial charge in [-0.15, -0.1) is 0 Å². The Hall–Kier alpha value is -0.410. The molecule has 2 N–H and O–H groups in total. The van der Waals surface area contributed by atoms with Crippen LogP contribution in [-0.4, -0.2) is 23.5 Å². The molecule has 3 heteroatoms. The van der Waals surface area contributed by atoms with Crippen molar-refractivity contribution in [3.8, 4) is 0 Å². The molecule has 88 valence electrons. The largest absolute Gasteiger partial charge is 0.369 e. The van der Waals surface area contributed by atoms with Crippen molar-refractivity contribution in [2.24, 2.45) is 11.7 Å². The first-order valence-corrected chi connectivity index (χ1v) is 5.71. The standard InChI is InChI=1S/C12H23NO2/c1-11(2)8-9(12(3,4)15-11)10(14)6-5-7-13/h9H,5-8,13H2,1-4H3. The summed E-state index contributed by atoms with van der Waals surface area (Å²) in [7, 11) is 0. The van der Waals surface area contributed by atoms with Gasteiger partial charge < -0.3 is 10.5 Å². The van der Waals surface area contributed by atoms with E-state index in [0.29, 0.717) is 18.7 Å². The second-order valence-corrected chi connectivity index (χ2v) is 5.58. The van der Waals surface area contributed by atoms with Crippen molar-refractivity contribution in [3.05, 3.63) is 0 Å². The molecule has 0 spiro atoms. The van der Waals surface area contributed by atoms with Gasteiger partial charge in [-0.1, -0.05) is 0 Å². The van der Waals surface area contributed by atoms with Gasteiger partial charge in [0, 0.05) is 12.3 Å². The van der Waals surface area contributed by atoms with Gasteiger partial charge in [-0.05, 0) is 47.1 Å². The summed E-state index contributed by atoms with van der Waals surface area (Å²) in [5.41, 5.74) is 4.91. The minimum absolute atomic E-state index is 0.0269. The van der Waals surface area contributed by atoms with E-state index in [0.717, 1.165) is 12.8 Å². The lowest BCUT2D eigenvalue weighted by atomic mass is 9.82. The molecule has 0 aliphatic carbocycles. The number of carbonyl (C=O) groups is 1. The highest BCUT2D eigenvalue weighted by atomic mass is 16.5. The van der Waals surface area contributed by atoms with E-state index in [1.807, 2.05) is 27.7 Å². The molecular weight excluding hydrogens is 190 g/mol. The van der Waals surface area contributed by atoms with Crippen LogP contribution < -0.4 is 5.73 Å². The van der Waals surface area contributed by atoms with Crippen molar-refractivity contribution in [3.63, 3.8) is 0 Å². The maximum Gasteiger partial charge on any atom is 0.138 e. The highest BCUT2D eigenvalue weighted by molar-refractivity contribution is 5.82. The van der Waals surface area contributed by atoms with Crippen LogP contribution in [0.2, 0.25) is 0 Å². The molecule has 0 aromatic rings. The first kappa shape index (κ1) is 12.7. The molecule has 0 amide bonds. The molecule has 1 atom stereocenters. The fourth-order valence-corrected chi connectivity index (χ4v) is 2.51. The van der Waals surface area contributed by atoms with E-state index in [9.17, 15) is 4.79 Å². The average molecular weight is 213 g/mol. The van der Waals surface area contributed by atoms with Crippen molar-refractivity contribution < 1.29 is 9.53 Å². The zero-order valence-electron chi connectivity index (χ0n) is 10.3. The summed E-state index contributed by atoms with van der Waals surface area (Å²) in [4.78, 5) is 12.0. The predicted octanol–water partition coefficient (Wildman–Crippen LogP) is 1.89. The van der Waals surface area contributed by atoms with Crippen LogP contribution in [0.3, 0.4) is 0 Å². The Kier molecular flexibility index (Phi) is 3.56. The third kappa shape index (κ3) is 3.02. The van der Waals surface area contributed by atoms with Gasteiger partial charge in [0.2, 0.25) is 0 Å². The van der Waals surface area contributed by atoms with Crippen molar-refractivity contribution in [1.82, 2.24) is 0 Å². The Morgan fingerprint density at radius 1 is 1.40 bits per heavy atom. The summed E-state index contributed by atoms with van der Waals surface area (Å²) in [6.07, 6.45) is 2.19. The van der Waals surface area contributed by atoms with E-state index in [-0.39, 0.29) is 17.1 Å². The van der Waals surface area contributed by atoms with Gasteiger partial charge in [-0.25, -0.2) is 0 Å². The lowest BCUT2D eigenvalue weighted by molar-refractivity contribution is -0.129. The molecule has 1 heterocycles. The molecule has 0 radical (unpaired) electrons. The van der Waals surface area contributed by atoms with Crippen LogP contribution in [-0.2, 0) is 9.53 Å². The Morgan fingerprint density at radius 2 is 2.00 bits per heavy atom. The molecule has 0 saturated carbocycles. The number of Topliss-reactive ketones (excluding diaryl/α,β-unsaturated/α-hetero) is 1. The SMILES string of the molecule is CC1(C)CC(C(=O)CCCN)C(C)(C)O1. The smallest absolute Gasteiger partial charge is 0.138 e. The molecule has 0 aromatic heterocycles. The summed E-state index contributed by atoms with van der Waals surface area (Å²) < 4.78 is 5.90. The number of hydrogen-bond acceptors (Lipinski definition) is 3. The Morgan fingerprint density at radius 3 is 2.40 bits per heavy atom. The van der Waals surface area contributed by atoms with Gasteiger partial charge in [-0.3, -0.25) is 4.79 Å². The molecule has 1 unspecified atom stereocenters. The van der Waals surface area contributed by atoms with Gasteiger partial charge >= 0.3 is 0 Å². The monoisotopic (exact) mass is 213 g/mol. The van der Waals surface area contributed by atoms with E-state index in [1.165, 1.54) is 0 Å². The minimum Gasteiger partial charge on any atom is -0.369 e. The molecule has 1 aliphatic rings. The number of nitrogens with two attached hydrogens (primary N) is 1. The topological polar surface area (TPSA) is 52.3 Å². The van der Waals surface area contributed by atoms with Crippen LogP contribution in [0.5, 0.6) is 0 Å². The number of hydrogen-bond donors (Lipinski definition) is 1. The number of ketones is 1. The molecule has 0 bridgehead atoms. The maximum atomic E-state index is 12.0. The maximum absolute atomic E-state index is 12.0. The van der Waals surface area contributed by atoms with Crippen LogP contribution >= 0.6 is 0 Å². The molecule has 15 heavy (non-hydrogen) atoms. The second kappa shape index (κ2) is 4.22. The summed E-state index contributed by atoms with van der Waals surface area (Å²) >= 11 is 0. The molecule has 1 aliphatic heterocycles. The van der Waals surface area contributed by atoms with Gasteiger partial charge in [-0.2, -0.15) is 0 Å². The van der Waals surface area contributed by atoms with Crippen molar-refractivity contribution in [2.45, 2.75) is 58.2 Å². The van der Waals surface area contributed by atoms with Crippen molar-refractivity contribution in [2.75, 3.05) is 6.54 Å². The zero-order valence-corrected chi connectivity index (χ0v) is 10.3. The fraction of sp³-hybridized carbons (Fsp3) is 0.917. The van der Waals surface area contributed by atoms with Crippen LogP contribution in [0.25, 0.3) is 0 Å². The third-order valence-corrected chi connectivity index (χ3v) is 3.09. The van der Waals surface area contributed by atoms with E-state index in [1.54, 1.807) is 0 Å². The fourth-order valence-electron chi connectivity index (χ4n) is 2.51. The van der Waals surface area contributed by atoms with E-state index in [4.69, 9.17) is 10.5 Å². The van der Waals surface area contributed by atoms with Gasteiger partial charge in [0.15, 0.2) is 0 Å². The number of rotatable bonds is 4. The van der Waals surface area contributed by atoms with E-state index < -0.39 is 0 Å².